The van der Waals surface area contributed by atoms with Crippen molar-refractivity contribution >= 4 is 0 Å². The highest BCUT2D eigenvalue weighted by molar-refractivity contribution is 4.90. The number of likely N-dealkylation sites (N-methyl/N-ethyl adjacent to an activating group) is 1. The van der Waals surface area contributed by atoms with Crippen LogP contribution in [0.4, 0.5) is 0 Å². The van der Waals surface area contributed by atoms with E-state index >= 15 is 0 Å². The zero-order valence-electron chi connectivity index (χ0n) is 12.7. The maximum Gasteiger partial charge on any atom is 0.0241 e. The van der Waals surface area contributed by atoms with Gasteiger partial charge in [-0.2, -0.15) is 0 Å². The first-order chi connectivity index (χ1) is 8.58. The van der Waals surface area contributed by atoms with Crippen LogP contribution in [0.5, 0.6) is 0 Å². The van der Waals surface area contributed by atoms with Crippen LogP contribution >= 0.6 is 0 Å². The van der Waals surface area contributed by atoms with Crippen molar-refractivity contribution in [2.45, 2.75) is 70.6 Å². The van der Waals surface area contributed by atoms with Crippen molar-refractivity contribution in [3.8, 4) is 0 Å². The lowest BCUT2D eigenvalue weighted by atomic mass is 10.0. The minimum atomic E-state index is 0.664. The molecule has 3 heteroatoms. The van der Waals surface area contributed by atoms with Crippen LogP contribution < -0.4 is 5.32 Å². The van der Waals surface area contributed by atoms with Gasteiger partial charge in [0.05, 0.1) is 0 Å². The summed E-state index contributed by atoms with van der Waals surface area (Å²) in [6, 6.07) is 2.89. The number of hydrogen-bond acceptors (Lipinski definition) is 3. The van der Waals surface area contributed by atoms with Crippen LogP contribution in [-0.2, 0) is 0 Å². The fourth-order valence-corrected chi connectivity index (χ4v) is 3.52. The monoisotopic (exact) mass is 253 g/mol. The van der Waals surface area contributed by atoms with E-state index < -0.39 is 0 Å². The van der Waals surface area contributed by atoms with Crippen LogP contribution in [0.1, 0.15) is 46.5 Å². The highest BCUT2D eigenvalue weighted by Crippen LogP contribution is 2.23. The summed E-state index contributed by atoms with van der Waals surface area (Å²) in [6.07, 6.45) is 5.47. The molecule has 1 N–H and O–H groups in total. The van der Waals surface area contributed by atoms with Gasteiger partial charge in [0, 0.05) is 37.3 Å². The zero-order chi connectivity index (χ0) is 13.1. The Morgan fingerprint density at radius 1 is 1.33 bits per heavy atom. The smallest absolute Gasteiger partial charge is 0.0241 e. The van der Waals surface area contributed by atoms with E-state index in [1.165, 1.54) is 45.3 Å². The second kappa shape index (κ2) is 6.36. The van der Waals surface area contributed by atoms with Gasteiger partial charge in [0.25, 0.3) is 0 Å². The molecular weight excluding hydrogens is 222 g/mol. The Morgan fingerprint density at radius 2 is 2.11 bits per heavy atom. The molecule has 0 aliphatic carbocycles. The Balaban J connectivity index is 1.91. The first-order valence-electron chi connectivity index (χ1n) is 7.77. The van der Waals surface area contributed by atoms with Gasteiger partial charge < -0.3 is 10.2 Å². The van der Waals surface area contributed by atoms with E-state index in [1.807, 2.05) is 0 Å². The molecule has 0 aromatic heterocycles. The Hall–Kier alpha value is -0.120. The quantitative estimate of drug-likeness (QED) is 0.826. The molecule has 2 fully saturated rings. The second-order valence-corrected chi connectivity index (χ2v) is 6.62. The van der Waals surface area contributed by atoms with Gasteiger partial charge >= 0.3 is 0 Å². The number of hydrogen-bond donors (Lipinski definition) is 1. The van der Waals surface area contributed by atoms with E-state index in [0.29, 0.717) is 6.04 Å². The summed E-state index contributed by atoms with van der Waals surface area (Å²) in [5, 5.41) is 3.70. The Kier molecular flexibility index (Phi) is 5.05. The fourth-order valence-electron chi connectivity index (χ4n) is 3.52. The van der Waals surface area contributed by atoms with Crippen LogP contribution in [0.3, 0.4) is 0 Å². The fraction of sp³-hybridized carbons (Fsp3) is 1.00. The van der Waals surface area contributed by atoms with E-state index in [4.69, 9.17) is 0 Å². The summed E-state index contributed by atoms with van der Waals surface area (Å²) in [5.41, 5.74) is 0. The molecule has 3 nitrogen and oxygen atoms in total. The molecule has 0 saturated carbocycles. The molecule has 0 aromatic carbocycles. The molecule has 2 aliphatic rings. The van der Waals surface area contributed by atoms with E-state index in [0.717, 1.165) is 18.1 Å². The predicted octanol–water partition coefficient (Wildman–Crippen LogP) is 1.93. The van der Waals surface area contributed by atoms with Crippen LogP contribution in [0, 0.1) is 0 Å². The molecule has 0 radical (unpaired) electrons. The average molecular weight is 253 g/mol. The second-order valence-electron chi connectivity index (χ2n) is 6.62. The molecule has 3 atom stereocenters. The van der Waals surface area contributed by atoms with Crippen LogP contribution in [0.15, 0.2) is 0 Å². The third-order valence-corrected chi connectivity index (χ3v) is 4.84. The summed E-state index contributed by atoms with van der Waals surface area (Å²) in [7, 11) is 2.27. The van der Waals surface area contributed by atoms with Crippen molar-refractivity contribution < 1.29 is 0 Å². The molecule has 2 heterocycles. The Bertz CT molecular complexity index is 238. The number of nitrogens with one attached hydrogen (secondary N) is 1. The van der Waals surface area contributed by atoms with Gasteiger partial charge in [0.15, 0.2) is 0 Å². The summed E-state index contributed by atoms with van der Waals surface area (Å²) < 4.78 is 0. The van der Waals surface area contributed by atoms with Crippen molar-refractivity contribution in [1.29, 1.82) is 0 Å². The first kappa shape index (κ1) is 14.3. The van der Waals surface area contributed by atoms with Crippen molar-refractivity contribution in [3.05, 3.63) is 0 Å². The largest absolute Gasteiger partial charge is 0.313 e. The molecule has 0 bridgehead atoms. The van der Waals surface area contributed by atoms with Crippen LogP contribution in [0.2, 0.25) is 0 Å². The Morgan fingerprint density at radius 3 is 2.61 bits per heavy atom. The van der Waals surface area contributed by atoms with E-state index in [-0.39, 0.29) is 0 Å². The van der Waals surface area contributed by atoms with Gasteiger partial charge in [-0.3, -0.25) is 4.90 Å². The van der Waals surface area contributed by atoms with Gasteiger partial charge in [-0.05, 0) is 53.6 Å². The SMILES string of the molecule is CC1CC(N(CC2CCCCN2)C(C)C)CN1C. The lowest BCUT2D eigenvalue weighted by Gasteiger charge is -2.37. The molecule has 0 aromatic rings. The average Bonchev–Trinajstić information content (AvgIpc) is 2.67. The predicted molar refractivity (Wildman–Crippen MR) is 78.0 cm³/mol. The maximum absolute atomic E-state index is 3.70. The van der Waals surface area contributed by atoms with Crippen molar-refractivity contribution in [2.24, 2.45) is 0 Å². The third kappa shape index (κ3) is 3.46. The molecule has 0 amide bonds. The number of nitrogens with zero attached hydrogens (tertiary/aromatic N) is 2. The van der Waals surface area contributed by atoms with Crippen molar-refractivity contribution in [2.75, 3.05) is 26.7 Å². The highest BCUT2D eigenvalue weighted by atomic mass is 15.3. The summed E-state index contributed by atoms with van der Waals surface area (Å²) in [5.74, 6) is 0. The standard InChI is InChI=1S/C15H31N3/c1-12(2)18(10-14-7-5-6-8-16-14)15-9-13(3)17(4)11-15/h12-16H,5-11H2,1-4H3. The molecule has 18 heavy (non-hydrogen) atoms. The zero-order valence-corrected chi connectivity index (χ0v) is 12.7. The van der Waals surface area contributed by atoms with E-state index in [9.17, 15) is 0 Å². The third-order valence-electron chi connectivity index (χ3n) is 4.84. The lowest BCUT2D eigenvalue weighted by molar-refractivity contribution is 0.131. The van der Waals surface area contributed by atoms with Gasteiger partial charge in [0.1, 0.15) is 0 Å². The van der Waals surface area contributed by atoms with Gasteiger partial charge in [-0.1, -0.05) is 6.42 Å². The lowest BCUT2D eigenvalue weighted by Crippen LogP contribution is -2.50. The number of rotatable bonds is 4. The number of likely N-dealkylation sites (tertiary alicyclic amines) is 1. The van der Waals surface area contributed by atoms with E-state index in [2.05, 4.69) is 42.9 Å². The molecular formula is C15H31N3. The maximum atomic E-state index is 3.70. The minimum absolute atomic E-state index is 0.664. The summed E-state index contributed by atoms with van der Waals surface area (Å²) in [6.45, 7) is 10.8. The van der Waals surface area contributed by atoms with Crippen molar-refractivity contribution in [3.63, 3.8) is 0 Å². The molecule has 3 unspecified atom stereocenters. The minimum Gasteiger partial charge on any atom is -0.313 e. The molecule has 106 valence electrons. The summed E-state index contributed by atoms with van der Waals surface area (Å²) >= 11 is 0. The molecule has 2 rings (SSSR count). The van der Waals surface area contributed by atoms with Gasteiger partial charge in [-0.25, -0.2) is 0 Å². The topological polar surface area (TPSA) is 18.5 Å². The van der Waals surface area contributed by atoms with Crippen LogP contribution in [0.25, 0.3) is 0 Å². The molecule has 0 spiro atoms. The summed E-state index contributed by atoms with van der Waals surface area (Å²) in [4.78, 5) is 5.25. The number of piperidine rings is 1. The van der Waals surface area contributed by atoms with E-state index in [1.54, 1.807) is 0 Å². The molecule has 2 saturated heterocycles. The molecule has 2 aliphatic heterocycles. The normalized spacial score (nSPS) is 34.7. The first-order valence-corrected chi connectivity index (χ1v) is 7.77. The van der Waals surface area contributed by atoms with Crippen LogP contribution in [-0.4, -0.2) is 60.6 Å². The highest BCUT2D eigenvalue weighted by Gasteiger charge is 2.33. The Labute approximate surface area is 113 Å². The van der Waals surface area contributed by atoms with Gasteiger partial charge in [0.2, 0.25) is 0 Å². The van der Waals surface area contributed by atoms with Crippen molar-refractivity contribution in [1.82, 2.24) is 15.1 Å². The van der Waals surface area contributed by atoms with Gasteiger partial charge in [-0.15, -0.1) is 0 Å².